The van der Waals surface area contributed by atoms with Crippen molar-refractivity contribution >= 4 is 16.0 Å². The molecular weight excluding hydrogens is 338 g/mol. The zero-order valence-corrected chi connectivity index (χ0v) is 13.9. The summed E-state index contributed by atoms with van der Waals surface area (Å²) in [6, 6.07) is 21.5. The third-order valence-electron chi connectivity index (χ3n) is 3.57. The first-order valence-corrected chi connectivity index (χ1v) is 8.87. The van der Waals surface area contributed by atoms with Crippen LogP contribution in [0.2, 0.25) is 0 Å². The molecule has 0 fully saturated rings. The summed E-state index contributed by atoms with van der Waals surface area (Å²) in [5, 5.41) is 0. The Labute approximate surface area is 145 Å². The highest BCUT2D eigenvalue weighted by atomic mass is 32.2. The summed E-state index contributed by atoms with van der Waals surface area (Å²) in [5.41, 5.74) is 6.68. The summed E-state index contributed by atoms with van der Waals surface area (Å²) in [4.78, 5) is 11.3. The van der Waals surface area contributed by atoms with E-state index < -0.39 is 16.0 Å². The maximum absolute atomic E-state index is 12.7. The predicted molar refractivity (Wildman–Crippen MR) is 94.7 cm³/mol. The Morgan fingerprint density at radius 1 is 0.840 bits per heavy atom. The third-order valence-corrected chi connectivity index (χ3v) is 4.87. The maximum Gasteiger partial charge on any atom is 0.339 e. The van der Waals surface area contributed by atoms with E-state index in [1.54, 1.807) is 18.2 Å². The first-order valence-electron chi connectivity index (χ1n) is 7.46. The van der Waals surface area contributed by atoms with E-state index in [2.05, 4.69) is 0 Å². The normalized spacial score (nSPS) is 11.0. The van der Waals surface area contributed by atoms with Gasteiger partial charge in [0.15, 0.2) is 0 Å². The molecule has 3 aromatic rings. The van der Waals surface area contributed by atoms with E-state index >= 15 is 0 Å². The van der Waals surface area contributed by atoms with E-state index in [0.29, 0.717) is 5.56 Å². The van der Waals surface area contributed by atoms with E-state index in [-0.39, 0.29) is 16.2 Å². The lowest BCUT2D eigenvalue weighted by molar-refractivity contribution is 0.1000. The van der Waals surface area contributed by atoms with Gasteiger partial charge < -0.3 is 9.92 Å². The molecular formula is C19H15NO4S. The van der Waals surface area contributed by atoms with Crippen molar-refractivity contribution in [3.63, 3.8) is 0 Å². The molecule has 6 heteroatoms. The van der Waals surface area contributed by atoms with Crippen molar-refractivity contribution in [1.29, 1.82) is 0 Å². The largest absolute Gasteiger partial charge is 0.379 e. The first-order chi connectivity index (χ1) is 12.0. The fraction of sp³-hybridized carbons (Fsp3) is 0. The third kappa shape index (κ3) is 3.70. The molecule has 0 saturated heterocycles. The second kappa shape index (κ2) is 6.78. The minimum Gasteiger partial charge on any atom is -0.379 e. The molecule has 0 radical (unpaired) electrons. The molecule has 0 spiro atoms. The summed E-state index contributed by atoms with van der Waals surface area (Å²) in [7, 11) is -4.09. The van der Waals surface area contributed by atoms with Crippen LogP contribution in [0.4, 0.5) is 0 Å². The average molecular weight is 353 g/mol. The molecule has 25 heavy (non-hydrogen) atoms. The standard InChI is InChI=1S/C19H15NO4S/c20-19(21)15-9-6-10-16(13-15)24-25(22,23)18-12-5-4-11-17(18)14-7-2-1-3-8-14/h1-13H,(H2,20,21). The molecule has 0 unspecified atom stereocenters. The second-order valence-corrected chi connectivity index (χ2v) is 6.81. The van der Waals surface area contributed by atoms with Crippen molar-refractivity contribution in [3.05, 3.63) is 84.4 Å². The molecule has 3 rings (SSSR count). The predicted octanol–water partition coefficient (Wildman–Crippen LogP) is 3.22. The number of primary amides is 1. The Kier molecular flexibility index (Phi) is 4.54. The molecule has 2 N–H and O–H groups in total. The number of nitrogens with two attached hydrogens (primary N) is 1. The zero-order valence-electron chi connectivity index (χ0n) is 13.1. The topological polar surface area (TPSA) is 86.5 Å². The second-order valence-electron chi connectivity index (χ2n) is 5.29. The molecule has 0 aromatic heterocycles. The maximum atomic E-state index is 12.7. The first kappa shape index (κ1) is 16.7. The minimum absolute atomic E-state index is 0.0270. The van der Waals surface area contributed by atoms with Crippen molar-refractivity contribution in [2.75, 3.05) is 0 Å². The average Bonchev–Trinajstić information content (AvgIpc) is 2.62. The molecule has 0 saturated carbocycles. The quantitative estimate of drug-likeness (QED) is 0.714. The van der Waals surface area contributed by atoms with Crippen molar-refractivity contribution in [3.8, 4) is 16.9 Å². The van der Waals surface area contributed by atoms with Crippen LogP contribution in [0.5, 0.6) is 5.75 Å². The molecule has 0 bridgehead atoms. The number of carbonyl (C=O) groups is 1. The molecule has 0 aliphatic carbocycles. The summed E-state index contributed by atoms with van der Waals surface area (Å²) in [6.45, 7) is 0. The van der Waals surface area contributed by atoms with Gasteiger partial charge in [0.05, 0.1) is 0 Å². The van der Waals surface area contributed by atoms with Crippen LogP contribution in [0.25, 0.3) is 11.1 Å². The van der Waals surface area contributed by atoms with Gasteiger partial charge in [-0.05, 0) is 29.8 Å². The van der Waals surface area contributed by atoms with Crippen LogP contribution in [0, 0.1) is 0 Å². The van der Waals surface area contributed by atoms with Crippen LogP contribution in [-0.4, -0.2) is 14.3 Å². The fourth-order valence-electron chi connectivity index (χ4n) is 2.41. The molecule has 0 atom stereocenters. The highest BCUT2D eigenvalue weighted by Gasteiger charge is 2.21. The van der Waals surface area contributed by atoms with Gasteiger partial charge in [-0.25, -0.2) is 0 Å². The lowest BCUT2D eigenvalue weighted by Gasteiger charge is -2.12. The number of hydrogen-bond donors (Lipinski definition) is 1. The minimum atomic E-state index is -4.09. The fourth-order valence-corrected chi connectivity index (χ4v) is 3.56. The van der Waals surface area contributed by atoms with Crippen LogP contribution < -0.4 is 9.92 Å². The van der Waals surface area contributed by atoms with E-state index in [1.807, 2.05) is 30.3 Å². The van der Waals surface area contributed by atoms with Crippen molar-refractivity contribution in [1.82, 2.24) is 0 Å². The number of rotatable bonds is 5. The molecule has 0 aliphatic rings. The Morgan fingerprint density at radius 2 is 1.52 bits per heavy atom. The van der Waals surface area contributed by atoms with Gasteiger partial charge in [-0.15, -0.1) is 0 Å². The number of hydrogen-bond acceptors (Lipinski definition) is 4. The van der Waals surface area contributed by atoms with Gasteiger partial charge >= 0.3 is 10.1 Å². The Hall–Kier alpha value is -3.12. The van der Waals surface area contributed by atoms with Gasteiger partial charge in [0.1, 0.15) is 10.6 Å². The smallest absolute Gasteiger partial charge is 0.339 e. The SMILES string of the molecule is NC(=O)c1cccc(OS(=O)(=O)c2ccccc2-c2ccccc2)c1. The van der Waals surface area contributed by atoms with Gasteiger partial charge in [-0.3, -0.25) is 4.79 Å². The van der Waals surface area contributed by atoms with Crippen LogP contribution in [0.1, 0.15) is 10.4 Å². The summed E-state index contributed by atoms with van der Waals surface area (Å²) in [5.74, 6) is -0.633. The summed E-state index contributed by atoms with van der Waals surface area (Å²) < 4.78 is 30.7. The molecule has 3 aromatic carbocycles. The summed E-state index contributed by atoms with van der Waals surface area (Å²) >= 11 is 0. The van der Waals surface area contributed by atoms with Gasteiger partial charge in [0.2, 0.25) is 5.91 Å². The lowest BCUT2D eigenvalue weighted by Crippen LogP contribution is -2.13. The number of carbonyl (C=O) groups excluding carboxylic acids is 1. The number of benzene rings is 3. The van der Waals surface area contributed by atoms with Crippen LogP contribution in [-0.2, 0) is 10.1 Å². The van der Waals surface area contributed by atoms with Gasteiger partial charge in [0, 0.05) is 11.1 Å². The van der Waals surface area contributed by atoms with Crippen molar-refractivity contribution in [2.45, 2.75) is 4.90 Å². The van der Waals surface area contributed by atoms with Crippen LogP contribution in [0.3, 0.4) is 0 Å². The van der Waals surface area contributed by atoms with Crippen LogP contribution >= 0.6 is 0 Å². The van der Waals surface area contributed by atoms with E-state index in [1.165, 1.54) is 30.3 Å². The molecule has 0 heterocycles. The molecule has 126 valence electrons. The van der Waals surface area contributed by atoms with Crippen LogP contribution in [0.15, 0.2) is 83.8 Å². The van der Waals surface area contributed by atoms with Gasteiger partial charge in [-0.1, -0.05) is 54.6 Å². The molecule has 0 aliphatic heterocycles. The highest BCUT2D eigenvalue weighted by Crippen LogP contribution is 2.29. The summed E-state index contributed by atoms with van der Waals surface area (Å²) in [6.07, 6.45) is 0. The monoisotopic (exact) mass is 353 g/mol. The Bertz CT molecular complexity index is 1010. The Balaban J connectivity index is 2.02. The van der Waals surface area contributed by atoms with E-state index in [9.17, 15) is 13.2 Å². The van der Waals surface area contributed by atoms with Gasteiger partial charge in [0.25, 0.3) is 0 Å². The van der Waals surface area contributed by atoms with E-state index in [4.69, 9.17) is 9.92 Å². The molecule has 1 amide bonds. The van der Waals surface area contributed by atoms with Gasteiger partial charge in [-0.2, -0.15) is 8.42 Å². The number of amides is 1. The highest BCUT2D eigenvalue weighted by molar-refractivity contribution is 7.87. The lowest BCUT2D eigenvalue weighted by atomic mass is 10.1. The zero-order chi connectivity index (χ0) is 17.9. The van der Waals surface area contributed by atoms with Crippen molar-refractivity contribution < 1.29 is 17.4 Å². The molecule has 5 nitrogen and oxygen atoms in total. The Morgan fingerprint density at radius 3 is 2.24 bits per heavy atom. The van der Waals surface area contributed by atoms with E-state index in [0.717, 1.165) is 5.56 Å². The van der Waals surface area contributed by atoms with Crippen molar-refractivity contribution in [2.24, 2.45) is 5.73 Å².